The third kappa shape index (κ3) is 2.45. The van der Waals surface area contributed by atoms with E-state index in [9.17, 15) is 4.79 Å². The minimum Gasteiger partial charge on any atom is -0.425 e. The van der Waals surface area contributed by atoms with Gasteiger partial charge in [0.05, 0.1) is 6.04 Å². The van der Waals surface area contributed by atoms with Crippen molar-refractivity contribution in [3.8, 4) is 5.75 Å². The molecule has 0 saturated carbocycles. The second-order valence-corrected chi connectivity index (χ2v) is 6.26. The molecule has 0 saturated heterocycles. The summed E-state index contributed by atoms with van der Waals surface area (Å²) in [7, 11) is 0. The van der Waals surface area contributed by atoms with Crippen molar-refractivity contribution in [2.75, 3.05) is 11.1 Å². The normalized spacial score (nSPS) is 21.6. The number of aromatic nitrogens is 3. The number of nitrogens with zero attached hydrogens (tertiary/aromatic N) is 3. The van der Waals surface area contributed by atoms with Crippen LogP contribution >= 0.6 is 0 Å². The summed E-state index contributed by atoms with van der Waals surface area (Å²) in [5.74, 6) is 0.430. The quantitative estimate of drug-likeness (QED) is 0.426. The largest absolute Gasteiger partial charge is 0.425 e. The number of esters is 1. The van der Waals surface area contributed by atoms with Crippen LogP contribution in [0.5, 0.6) is 5.75 Å². The van der Waals surface area contributed by atoms with E-state index in [4.69, 9.17) is 10.5 Å². The van der Waals surface area contributed by atoms with E-state index in [2.05, 4.69) is 20.3 Å². The number of carbonyl (C=O) groups is 1. The number of nitrogens with one attached hydrogen (secondary N) is 1. The number of anilines is 2. The molecule has 0 aliphatic carbocycles. The van der Waals surface area contributed by atoms with E-state index in [-0.39, 0.29) is 5.97 Å². The summed E-state index contributed by atoms with van der Waals surface area (Å²) in [5, 5.41) is 3.25. The summed E-state index contributed by atoms with van der Waals surface area (Å²) in [4.78, 5) is 25.1. The number of rotatable bonds is 3. The predicted octanol–water partition coefficient (Wildman–Crippen LogP) is 2.48. The Kier molecular flexibility index (Phi) is 3.76. The van der Waals surface area contributed by atoms with Gasteiger partial charge < -0.3 is 15.8 Å². The molecule has 2 atom stereocenters. The number of fused-ring (bicyclic) bond motifs is 1. The molecular formula is C19H17N5O2. The molecule has 130 valence electrons. The summed E-state index contributed by atoms with van der Waals surface area (Å²) < 4.78 is 5.64. The van der Waals surface area contributed by atoms with Crippen LogP contribution in [0.1, 0.15) is 24.1 Å². The third-order valence-corrected chi connectivity index (χ3v) is 4.73. The van der Waals surface area contributed by atoms with E-state index in [0.29, 0.717) is 22.9 Å². The molecule has 7 heteroatoms. The molecule has 3 aromatic rings. The molecule has 2 heterocycles. The van der Waals surface area contributed by atoms with Gasteiger partial charge in [-0.25, -0.2) is 15.0 Å². The summed E-state index contributed by atoms with van der Waals surface area (Å²) in [6.45, 7) is 1.83. The van der Waals surface area contributed by atoms with Crippen LogP contribution in [0.3, 0.4) is 0 Å². The Morgan fingerprint density at radius 1 is 1.08 bits per heavy atom. The monoisotopic (exact) mass is 347 g/mol. The van der Waals surface area contributed by atoms with Gasteiger partial charge >= 0.3 is 5.97 Å². The van der Waals surface area contributed by atoms with Gasteiger partial charge in [0.2, 0.25) is 5.95 Å². The van der Waals surface area contributed by atoms with Crippen molar-refractivity contribution in [1.82, 2.24) is 15.0 Å². The molecule has 0 amide bonds. The summed E-state index contributed by atoms with van der Waals surface area (Å²) in [6.07, 6.45) is 2.79. The minimum atomic E-state index is -1.02. The van der Waals surface area contributed by atoms with Gasteiger partial charge in [0, 0.05) is 11.3 Å². The van der Waals surface area contributed by atoms with Crippen molar-refractivity contribution in [3.63, 3.8) is 0 Å². The molecule has 3 N–H and O–H groups in total. The number of benzene rings is 2. The Morgan fingerprint density at radius 2 is 1.81 bits per heavy atom. The average Bonchev–Trinajstić information content (AvgIpc) is 2.67. The Hall–Kier alpha value is -3.48. The topological polar surface area (TPSA) is 103 Å². The van der Waals surface area contributed by atoms with Gasteiger partial charge in [-0.3, -0.25) is 4.79 Å². The van der Waals surface area contributed by atoms with E-state index >= 15 is 0 Å². The van der Waals surface area contributed by atoms with Crippen molar-refractivity contribution in [2.45, 2.75) is 18.4 Å². The molecular weight excluding hydrogens is 330 g/mol. The first kappa shape index (κ1) is 16.0. The van der Waals surface area contributed by atoms with Crippen LogP contribution in [0, 0.1) is 0 Å². The molecule has 4 rings (SSSR count). The first-order valence-corrected chi connectivity index (χ1v) is 8.15. The van der Waals surface area contributed by atoms with Crippen LogP contribution in [-0.4, -0.2) is 20.9 Å². The number of carbonyl (C=O) groups excluding carboxylic acids is 1. The highest BCUT2D eigenvalue weighted by Crippen LogP contribution is 2.49. The molecule has 0 spiro atoms. The van der Waals surface area contributed by atoms with Crippen molar-refractivity contribution >= 4 is 17.6 Å². The number of ether oxygens (including phenoxy) is 1. The molecule has 0 bridgehead atoms. The lowest BCUT2D eigenvalue weighted by molar-refractivity contribution is -0.142. The summed E-state index contributed by atoms with van der Waals surface area (Å²) in [6, 6.07) is 14.2. The molecule has 7 nitrogen and oxygen atoms in total. The third-order valence-electron chi connectivity index (χ3n) is 4.73. The first-order chi connectivity index (χ1) is 12.6. The Bertz CT molecular complexity index is 949. The van der Waals surface area contributed by atoms with Gasteiger partial charge in [-0.05, 0) is 24.6 Å². The molecule has 1 aliphatic heterocycles. The maximum Gasteiger partial charge on any atom is 0.324 e. The zero-order valence-corrected chi connectivity index (χ0v) is 14.1. The highest BCUT2D eigenvalue weighted by Gasteiger charge is 2.51. The van der Waals surface area contributed by atoms with Gasteiger partial charge in [-0.1, -0.05) is 36.4 Å². The van der Waals surface area contributed by atoms with E-state index < -0.39 is 11.5 Å². The molecule has 26 heavy (non-hydrogen) atoms. The lowest BCUT2D eigenvalue weighted by Gasteiger charge is -2.41. The van der Waals surface area contributed by atoms with E-state index in [1.54, 1.807) is 18.2 Å². The first-order valence-electron chi connectivity index (χ1n) is 8.15. The van der Waals surface area contributed by atoms with Gasteiger partial charge in [0.15, 0.2) is 0 Å². The fourth-order valence-electron chi connectivity index (χ4n) is 3.30. The van der Waals surface area contributed by atoms with Crippen molar-refractivity contribution in [3.05, 3.63) is 72.3 Å². The van der Waals surface area contributed by atoms with Crippen LogP contribution in [0.15, 0.2) is 61.2 Å². The van der Waals surface area contributed by atoms with Crippen molar-refractivity contribution in [2.24, 2.45) is 0 Å². The average molecular weight is 347 g/mol. The summed E-state index contributed by atoms with van der Waals surface area (Å²) >= 11 is 0. The number of nitrogen functional groups attached to an aromatic ring is 1. The number of hydrogen-bond acceptors (Lipinski definition) is 7. The molecule has 1 aliphatic rings. The van der Waals surface area contributed by atoms with Gasteiger partial charge in [-0.2, -0.15) is 0 Å². The number of nitrogens with two attached hydrogens (primary N) is 1. The van der Waals surface area contributed by atoms with Gasteiger partial charge in [0.25, 0.3) is 0 Å². The molecule has 0 radical (unpaired) electrons. The van der Waals surface area contributed by atoms with E-state index in [1.807, 2.05) is 37.3 Å². The Labute approximate surface area is 150 Å². The Morgan fingerprint density at radius 3 is 2.54 bits per heavy atom. The van der Waals surface area contributed by atoms with E-state index in [1.165, 1.54) is 12.7 Å². The summed E-state index contributed by atoms with van der Waals surface area (Å²) in [5.41, 5.74) is 7.28. The fourth-order valence-corrected chi connectivity index (χ4v) is 3.30. The maximum absolute atomic E-state index is 13.0. The van der Waals surface area contributed by atoms with Crippen LogP contribution in [0.2, 0.25) is 0 Å². The second kappa shape index (κ2) is 6.11. The lowest BCUT2D eigenvalue weighted by atomic mass is 9.71. The van der Waals surface area contributed by atoms with E-state index in [0.717, 1.165) is 5.56 Å². The molecule has 1 aromatic heterocycles. The van der Waals surface area contributed by atoms with Crippen LogP contribution < -0.4 is 15.8 Å². The Balaban J connectivity index is 1.92. The standard InChI is InChI=1S/C19H17N5O2/c1-19(12-6-3-2-4-7-12)16(24-18-22-10-21-11-23-18)15-13(20)8-5-9-14(15)26-17(19)25/h2-11,16H,20H2,1H3,(H,21,22,23,24). The fraction of sp³-hybridized carbons (Fsp3) is 0.158. The molecule has 2 unspecified atom stereocenters. The predicted molar refractivity (Wildman–Crippen MR) is 96.5 cm³/mol. The lowest BCUT2D eigenvalue weighted by Crippen LogP contribution is -2.48. The van der Waals surface area contributed by atoms with Gasteiger partial charge in [0.1, 0.15) is 23.8 Å². The van der Waals surface area contributed by atoms with Crippen LogP contribution in [0.25, 0.3) is 0 Å². The molecule has 2 aromatic carbocycles. The van der Waals surface area contributed by atoms with Crippen molar-refractivity contribution < 1.29 is 9.53 Å². The number of hydrogen-bond donors (Lipinski definition) is 2. The van der Waals surface area contributed by atoms with Crippen LogP contribution in [0.4, 0.5) is 11.6 Å². The maximum atomic E-state index is 13.0. The molecule has 0 fully saturated rings. The smallest absolute Gasteiger partial charge is 0.324 e. The van der Waals surface area contributed by atoms with Crippen molar-refractivity contribution in [1.29, 1.82) is 0 Å². The second-order valence-electron chi connectivity index (χ2n) is 6.26. The zero-order valence-electron chi connectivity index (χ0n) is 14.1. The highest BCUT2D eigenvalue weighted by molar-refractivity contribution is 5.90. The SMILES string of the molecule is CC1(c2ccccc2)C(=O)Oc2cccc(N)c2C1Nc1ncncn1. The highest BCUT2D eigenvalue weighted by atomic mass is 16.5. The van der Waals surface area contributed by atoms with Gasteiger partial charge in [-0.15, -0.1) is 0 Å². The van der Waals surface area contributed by atoms with Crippen LogP contribution in [-0.2, 0) is 10.2 Å². The zero-order chi connectivity index (χ0) is 18.1. The minimum absolute atomic E-state index is 0.357.